The van der Waals surface area contributed by atoms with Gasteiger partial charge in [0.25, 0.3) is 0 Å². The van der Waals surface area contributed by atoms with Gasteiger partial charge in [0.05, 0.1) is 0 Å². The van der Waals surface area contributed by atoms with Crippen LogP contribution in [-0.2, 0) is 32.3 Å². The van der Waals surface area contributed by atoms with E-state index in [-0.39, 0.29) is 0 Å². The molecule has 0 heterocycles. The van der Waals surface area contributed by atoms with E-state index in [1.807, 2.05) is 0 Å². The van der Waals surface area contributed by atoms with Gasteiger partial charge in [-0.05, 0) is 0 Å². The minimum absolute atomic E-state index is 0.438. The van der Waals surface area contributed by atoms with E-state index in [4.69, 9.17) is 19.2 Å². The predicted octanol–water partition coefficient (Wildman–Crippen LogP) is -0.513. The summed E-state index contributed by atoms with van der Waals surface area (Å²) in [6.07, 6.45) is 0. The van der Waals surface area contributed by atoms with Crippen molar-refractivity contribution in [3.63, 3.8) is 0 Å². The molecule has 0 spiro atoms. The van der Waals surface area contributed by atoms with Crippen molar-refractivity contribution >= 4 is 7.82 Å². The molecule has 0 unspecified atom stereocenters. The molecule has 8 heteroatoms. The Kier molecular flexibility index (Phi) is 9.17. The van der Waals surface area contributed by atoms with E-state index in [2.05, 4.69) is 14.2 Å². The van der Waals surface area contributed by atoms with Gasteiger partial charge in [-0.3, -0.25) is 0 Å². The van der Waals surface area contributed by atoms with Crippen LogP contribution in [-0.4, -0.2) is 14.7 Å². The average Bonchev–Trinajstić information content (AvgIpc) is 1.27. The monoisotopic (exact) mass is 228 g/mol. The van der Waals surface area contributed by atoms with Crippen LogP contribution < -0.4 is 0 Å². The van der Waals surface area contributed by atoms with Crippen molar-refractivity contribution in [3.05, 3.63) is 0 Å². The summed E-state index contributed by atoms with van der Waals surface area (Å²) in [6, 6.07) is 0. The SMILES string of the molecule is O=P(O)(O)O.[F][Fe][Mn]. The van der Waals surface area contributed by atoms with E-state index < -0.39 is 21.4 Å². The average molecular weight is 228 g/mol. The Balaban J connectivity index is 0. The van der Waals surface area contributed by atoms with Gasteiger partial charge >= 0.3 is 39.1 Å². The van der Waals surface area contributed by atoms with Gasteiger partial charge in [0.1, 0.15) is 0 Å². The van der Waals surface area contributed by atoms with E-state index in [1.54, 1.807) is 0 Å². The zero-order chi connectivity index (χ0) is 7.21. The normalized spacial score (nSPS) is 10.1. The first-order valence-corrected chi connectivity index (χ1v) is 5.17. The van der Waals surface area contributed by atoms with Crippen molar-refractivity contribution in [3.8, 4) is 0 Å². The van der Waals surface area contributed by atoms with Crippen molar-refractivity contribution in [2.45, 2.75) is 0 Å². The number of halogens is 1. The second-order valence-electron chi connectivity index (χ2n) is 0.564. The Morgan fingerprint density at radius 1 is 1.50 bits per heavy atom. The molecule has 4 nitrogen and oxygen atoms in total. The molecule has 54 valence electrons. The summed E-state index contributed by atoms with van der Waals surface area (Å²) < 4.78 is 19.1. The minimum atomic E-state index is -4.64. The van der Waals surface area contributed by atoms with Gasteiger partial charge in [-0.2, -0.15) is 0 Å². The molecule has 0 aliphatic rings. The molecule has 0 aliphatic carbocycles. The van der Waals surface area contributed by atoms with Crippen molar-refractivity contribution in [2.75, 3.05) is 0 Å². The van der Waals surface area contributed by atoms with Crippen molar-refractivity contribution in [1.82, 2.24) is 0 Å². The zero-order valence-electron chi connectivity index (χ0n) is 3.31. The van der Waals surface area contributed by atoms with Gasteiger partial charge in [0.15, 0.2) is 0 Å². The Bertz CT molecular complexity index is 71.8. The third-order valence-electron chi connectivity index (χ3n) is 0. The summed E-state index contributed by atoms with van der Waals surface area (Å²) >= 11 is 2.04. The predicted molar refractivity (Wildman–Crippen MR) is 15.4 cm³/mol. The second kappa shape index (κ2) is 6.20. The van der Waals surface area contributed by atoms with Gasteiger partial charge in [-0.25, -0.2) is 4.57 Å². The molecular formula is H3FFeMnO4P. The molecule has 3 N–H and O–H groups in total. The Morgan fingerprint density at radius 2 is 1.50 bits per heavy atom. The molecule has 8 heavy (non-hydrogen) atoms. The maximum atomic E-state index is 10.2. The molecule has 0 fully saturated rings. The fourth-order valence-corrected chi connectivity index (χ4v) is 0. The van der Waals surface area contributed by atoms with Crippen molar-refractivity contribution < 1.29 is 50.6 Å². The van der Waals surface area contributed by atoms with E-state index in [9.17, 15) is 3.55 Å². The molecule has 0 aromatic carbocycles. The molecule has 0 bridgehead atoms. The summed E-state index contributed by atoms with van der Waals surface area (Å²) in [7, 11) is -4.64. The van der Waals surface area contributed by atoms with Crippen LogP contribution in [0.2, 0.25) is 0 Å². The molecule has 0 saturated carbocycles. The standard InChI is InChI=1S/FH.Fe.Mn.H3O4P/c;;;1-5(2,3)4/h1H;;;(H3,1,2,3,4)/q;+1;;/p-1. The molecular weight excluding hydrogens is 225 g/mol. The summed E-state index contributed by atoms with van der Waals surface area (Å²) in [6.45, 7) is 0. The fraction of sp³-hybridized carbons (Fsp3) is 0. The van der Waals surface area contributed by atoms with Gasteiger partial charge in [-0.1, -0.05) is 0 Å². The Hall–Kier alpha value is 1.08. The number of rotatable bonds is 0. The van der Waals surface area contributed by atoms with E-state index in [0.717, 1.165) is 0 Å². The molecule has 0 amide bonds. The summed E-state index contributed by atoms with van der Waals surface area (Å²) in [5, 5.41) is 0. The first kappa shape index (κ1) is 11.8. The van der Waals surface area contributed by atoms with Gasteiger partial charge < -0.3 is 14.7 Å². The summed E-state index contributed by atoms with van der Waals surface area (Å²) in [5.74, 6) is 0. The van der Waals surface area contributed by atoms with Crippen LogP contribution >= 0.6 is 7.82 Å². The van der Waals surface area contributed by atoms with Crippen LogP contribution in [0.5, 0.6) is 0 Å². The van der Waals surface area contributed by atoms with Crippen LogP contribution in [0.25, 0.3) is 0 Å². The first-order valence-electron chi connectivity index (χ1n) is 1.05. The van der Waals surface area contributed by atoms with E-state index in [1.165, 1.54) is 0 Å². The third kappa shape index (κ3) is 225. The van der Waals surface area contributed by atoms with Crippen LogP contribution in [0.4, 0.5) is 3.55 Å². The van der Waals surface area contributed by atoms with Crippen LogP contribution in [0.1, 0.15) is 0 Å². The topological polar surface area (TPSA) is 77.8 Å². The van der Waals surface area contributed by atoms with Crippen molar-refractivity contribution in [2.24, 2.45) is 0 Å². The molecule has 0 saturated heterocycles. The zero-order valence-corrected chi connectivity index (χ0v) is 6.49. The molecule has 0 rings (SSSR count). The molecule has 0 radical (unpaired) electrons. The van der Waals surface area contributed by atoms with Gasteiger partial charge in [0.2, 0.25) is 0 Å². The van der Waals surface area contributed by atoms with Gasteiger partial charge in [0, 0.05) is 0 Å². The molecule has 0 atom stereocenters. The second-order valence-corrected chi connectivity index (χ2v) is 2.40. The fourth-order valence-electron chi connectivity index (χ4n) is 0. The number of phosphoric acid groups is 1. The van der Waals surface area contributed by atoms with Gasteiger partial charge in [-0.15, -0.1) is 0 Å². The van der Waals surface area contributed by atoms with Crippen LogP contribution in [0.15, 0.2) is 0 Å². The summed E-state index contributed by atoms with van der Waals surface area (Å²) in [4.78, 5) is 21.6. The van der Waals surface area contributed by atoms with Crippen LogP contribution in [0.3, 0.4) is 0 Å². The summed E-state index contributed by atoms with van der Waals surface area (Å²) in [5.41, 5.74) is 0. The molecule has 0 aliphatic heterocycles. The van der Waals surface area contributed by atoms with Crippen molar-refractivity contribution in [1.29, 1.82) is 0 Å². The number of hydrogen-bond acceptors (Lipinski definition) is 1. The van der Waals surface area contributed by atoms with E-state index in [0.29, 0.717) is 0 Å². The molecule has 0 aromatic heterocycles. The quantitative estimate of drug-likeness (QED) is 0.385. The maximum absolute atomic E-state index is 10.2. The van der Waals surface area contributed by atoms with Crippen LogP contribution in [0, 0.1) is 0 Å². The Labute approximate surface area is 58.7 Å². The number of hydrogen-bond donors (Lipinski definition) is 3. The first-order chi connectivity index (χ1) is 3.41. The van der Waals surface area contributed by atoms with E-state index >= 15 is 0 Å². The third-order valence-corrected chi connectivity index (χ3v) is 0. The molecule has 0 aromatic rings. The Morgan fingerprint density at radius 3 is 1.50 bits per heavy atom.